The van der Waals surface area contributed by atoms with Crippen molar-refractivity contribution in [2.24, 2.45) is 7.05 Å². The summed E-state index contributed by atoms with van der Waals surface area (Å²) >= 11 is 0. The predicted molar refractivity (Wildman–Crippen MR) is 50.0 cm³/mol. The predicted octanol–water partition coefficient (Wildman–Crippen LogP) is 0.697. The lowest BCUT2D eigenvalue weighted by Crippen LogP contribution is -2.21. The molecule has 0 unspecified atom stereocenters. The maximum Gasteiger partial charge on any atom is 0.276 e. The van der Waals surface area contributed by atoms with E-state index in [0.717, 1.165) is 0 Å². The fourth-order valence-corrected chi connectivity index (χ4v) is 0.640. The van der Waals surface area contributed by atoms with Crippen LogP contribution in [0.5, 0.6) is 0 Å². The van der Waals surface area contributed by atoms with Crippen molar-refractivity contribution in [3.05, 3.63) is 22.4 Å². The van der Waals surface area contributed by atoms with Crippen LogP contribution in [-0.4, -0.2) is 9.55 Å². The third-order valence-corrected chi connectivity index (χ3v) is 1.37. The van der Waals surface area contributed by atoms with Crippen molar-refractivity contribution in [2.45, 2.75) is 20.8 Å². The number of hydrogen-bond acceptors (Lipinski definition) is 3. The van der Waals surface area contributed by atoms with Gasteiger partial charge in [0.25, 0.3) is 5.56 Å². The third-order valence-electron chi connectivity index (χ3n) is 1.37. The second kappa shape index (κ2) is 4.54. The van der Waals surface area contributed by atoms with Crippen molar-refractivity contribution < 1.29 is 0 Å². The monoisotopic (exact) mass is 169 g/mol. The summed E-state index contributed by atoms with van der Waals surface area (Å²) in [6, 6.07) is 0. The van der Waals surface area contributed by atoms with Gasteiger partial charge in [-0.1, -0.05) is 13.8 Å². The second-order valence-corrected chi connectivity index (χ2v) is 2.16. The van der Waals surface area contributed by atoms with Gasteiger partial charge in [-0.3, -0.25) is 4.79 Å². The van der Waals surface area contributed by atoms with Crippen molar-refractivity contribution in [3.8, 4) is 0 Å². The molecule has 0 spiro atoms. The fourth-order valence-electron chi connectivity index (χ4n) is 0.640. The molecule has 1 rings (SSSR count). The summed E-state index contributed by atoms with van der Waals surface area (Å²) in [4.78, 5) is 14.9. The molecule has 4 nitrogen and oxygen atoms in total. The molecule has 0 aliphatic heterocycles. The summed E-state index contributed by atoms with van der Waals surface area (Å²) in [5, 5.41) is 0. The van der Waals surface area contributed by atoms with Crippen LogP contribution in [0.2, 0.25) is 0 Å². The first-order valence-electron chi connectivity index (χ1n) is 3.90. The zero-order chi connectivity index (χ0) is 9.72. The van der Waals surface area contributed by atoms with Gasteiger partial charge in [-0.15, -0.1) is 0 Å². The number of nitrogens with two attached hydrogens (primary N) is 1. The Balaban J connectivity index is 0.000000561. The van der Waals surface area contributed by atoms with Crippen LogP contribution in [0.1, 0.15) is 19.5 Å². The highest BCUT2D eigenvalue weighted by Crippen LogP contribution is 1.95. The molecule has 1 aromatic heterocycles. The third kappa shape index (κ3) is 2.08. The number of nitrogen functional groups attached to an aromatic ring is 1. The Morgan fingerprint density at radius 3 is 2.42 bits per heavy atom. The molecule has 0 saturated carbocycles. The molecule has 1 aromatic rings. The molecule has 0 aliphatic carbocycles. The van der Waals surface area contributed by atoms with Crippen molar-refractivity contribution >= 4 is 5.69 Å². The van der Waals surface area contributed by atoms with Crippen LogP contribution < -0.4 is 11.3 Å². The Hall–Kier alpha value is -1.32. The summed E-state index contributed by atoms with van der Waals surface area (Å²) in [5.74, 6) is 0. The van der Waals surface area contributed by atoms with Gasteiger partial charge in [-0.2, -0.15) is 0 Å². The minimum Gasteiger partial charge on any atom is -0.393 e. The number of aryl methyl sites for hydroxylation is 2. The first kappa shape index (κ1) is 10.7. The van der Waals surface area contributed by atoms with Gasteiger partial charge in [0.1, 0.15) is 5.69 Å². The Kier molecular flexibility index (Phi) is 4.04. The summed E-state index contributed by atoms with van der Waals surface area (Å²) in [6.07, 6.45) is 1.45. The quantitative estimate of drug-likeness (QED) is 0.621. The van der Waals surface area contributed by atoms with Gasteiger partial charge >= 0.3 is 0 Å². The zero-order valence-corrected chi connectivity index (χ0v) is 7.96. The Morgan fingerprint density at radius 1 is 1.50 bits per heavy atom. The maximum absolute atomic E-state index is 11.0. The highest BCUT2D eigenvalue weighted by molar-refractivity contribution is 5.38. The average molecular weight is 169 g/mol. The maximum atomic E-state index is 11.0. The minimum absolute atomic E-state index is 0.187. The van der Waals surface area contributed by atoms with Crippen LogP contribution in [0, 0.1) is 6.92 Å². The van der Waals surface area contributed by atoms with Crippen LogP contribution in [0.25, 0.3) is 0 Å². The van der Waals surface area contributed by atoms with Crippen molar-refractivity contribution in [1.29, 1.82) is 0 Å². The number of nitrogens with zero attached hydrogens (tertiary/aromatic N) is 2. The molecule has 0 aliphatic rings. The van der Waals surface area contributed by atoms with E-state index in [9.17, 15) is 4.79 Å². The molecule has 12 heavy (non-hydrogen) atoms. The fraction of sp³-hybridized carbons (Fsp3) is 0.500. The lowest BCUT2D eigenvalue weighted by atomic mass is 10.4. The van der Waals surface area contributed by atoms with E-state index in [1.165, 1.54) is 10.9 Å². The smallest absolute Gasteiger partial charge is 0.276 e. The summed E-state index contributed by atoms with van der Waals surface area (Å²) in [7, 11) is 1.62. The largest absolute Gasteiger partial charge is 0.393 e. The highest BCUT2D eigenvalue weighted by Gasteiger charge is 1.99. The lowest BCUT2D eigenvalue weighted by Gasteiger charge is -1.99. The van der Waals surface area contributed by atoms with Crippen molar-refractivity contribution in [1.82, 2.24) is 9.55 Å². The summed E-state index contributed by atoms with van der Waals surface area (Å²) in [5.41, 5.74) is 6.01. The van der Waals surface area contributed by atoms with E-state index in [0.29, 0.717) is 5.69 Å². The molecule has 68 valence electrons. The van der Waals surface area contributed by atoms with Gasteiger partial charge in [0.15, 0.2) is 0 Å². The van der Waals surface area contributed by atoms with E-state index in [1.807, 2.05) is 13.8 Å². The molecule has 2 N–H and O–H groups in total. The number of anilines is 1. The standard InChI is InChI=1S/C6H9N3O.C2H6/c1-4-5(7)6(10)9(2)3-8-4;1-2/h3H,7H2,1-2H3;1-2H3. The molecule has 1 heterocycles. The van der Waals surface area contributed by atoms with Gasteiger partial charge in [-0.25, -0.2) is 4.98 Å². The van der Waals surface area contributed by atoms with Crippen molar-refractivity contribution in [2.75, 3.05) is 5.73 Å². The molecule has 0 saturated heterocycles. The van der Waals surface area contributed by atoms with Crippen LogP contribution in [0.3, 0.4) is 0 Å². The molecular formula is C8H15N3O. The highest BCUT2D eigenvalue weighted by atomic mass is 16.1. The number of aromatic nitrogens is 2. The van der Waals surface area contributed by atoms with Crippen LogP contribution in [-0.2, 0) is 7.05 Å². The minimum atomic E-state index is -0.187. The van der Waals surface area contributed by atoms with Crippen LogP contribution in [0.15, 0.2) is 11.1 Å². The van der Waals surface area contributed by atoms with E-state index in [1.54, 1.807) is 14.0 Å². The van der Waals surface area contributed by atoms with E-state index in [2.05, 4.69) is 4.98 Å². The topological polar surface area (TPSA) is 60.9 Å². The normalized spacial score (nSPS) is 8.67. The summed E-state index contributed by atoms with van der Waals surface area (Å²) in [6.45, 7) is 5.71. The van der Waals surface area contributed by atoms with Gasteiger partial charge in [-0.05, 0) is 6.92 Å². The van der Waals surface area contributed by atoms with Gasteiger partial charge in [0.2, 0.25) is 0 Å². The van der Waals surface area contributed by atoms with E-state index >= 15 is 0 Å². The van der Waals surface area contributed by atoms with Crippen molar-refractivity contribution in [3.63, 3.8) is 0 Å². The SMILES string of the molecule is CC.Cc1ncn(C)c(=O)c1N. The molecule has 0 atom stereocenters. The Bertz CT molecular complexity index is 304. The van der Waals surface area contributed by atoms with E-state index in [4.69, 9.17) is 5.73 Å². The lowest BCUT2D eigenvalue weighted by molar-refractivity contribution is 0.819. The zero-order valence-electron chi connectivity index (χ0n) is 7.96. The first-order valence-corrected chi connectivity index (χ1v) is 3.90. The molecule has 0 fully saturated rings. The van der Waals surface area contributed by atoms with Crippen LogP contribution in [0.4, 0.5) is 5.69 Å². The molecule has 0 radical (unpaired) electrons. The van der Waals surface area contributed by atoms with E-state index in [-0.39, 0.29) is 11.2 Å². The number of hydrogen-bond donors (Lipinski definition) is 1. The molecular weight excluding hydrogens is 154 g/mol. The Labute approximate surface area is 72.0 Å². The molecule has 0 aromatic carbocycles. The van der Waals surface area contributed by atoms with Gasteiger partial charge < -0.3 is 10.3 Å². The first-order chi connectivity index (χ1) is 5.63. The number of rotatable bonds is 0. The van der Waals surface area contributed by atoms with Gasteiger partial charge in [0, 0.05) is 7.05 Å². The van der Waals surface area contributed by atoms with Gasteiger partial charge in [0.05, 0.1) is 12.0 Å². The molecule has 4 heteroatoms. The summed E-state index contributed by atoms with van der Waals surface area (Å²) < 4.78 is 1.35. The second-order valence-electron chi connectivity index (χ2n) is 2.16. The molecule has 0 amide bonds. The average Bonchev–Trinajstić information content (AvgIpc) is 2.12. The van der Waals surface area contributed by atoms with Crippen LogP contribution >= 0.6 is 0 Å². The van der Waals surface area contributed by atoms with E-state index < -0.39 is 0 Å². The Morgan fingerprint density at radius 2 is 2.00 bits per heavy atom. The molecule has 0 bridgehead atoms.